The molecule has 0 aliphatic carbocycles. The fourth-order valence-corrected chi connectivity index (χ4v) is 3.34. The summed E-state index contributed by atoms with van der Waals surface area (Å²) >= 11 is 7.34. The maximum Gasteiger partial charge on any atom is 0.138 e. The van der Waals surface area contributed by atoms with E-state index in [0.717, 1.165) is 38.4 Å². The summed E-state index contributed by atoms with van der Waals surface area (Å²) in [5, 5.41) is 4.09. The Labute approximate surface area is 134 Å². The van der Waals surface area contributed by atoms with Crippen LogP contribution >= 0.6 is 23.1 Å². The zero-order valence-corrected chi connectivity index (χ0v) is 13.9. The first-order valence-electron chi connectivity index (χ1n) is 7.15. The van der Waals surface area contributed by atoms with Crippen molar-refractivity contribution in [2.24, 2.45) is 0 Å². The van der Waals surface area contributed by atoms with E-state index in [1.165, 1.54) is 28.3 Å². The Morgan fingerprint density at radius 3 is 2.62 bits per heavy atom. The maximum atomic E-state index is 6.08. The molecule has 1 aliphatic heterocycles. The molecule has 2 heterocycles. The summed E-state index contributed by atoms with van der Waals surface area (Å²) in [5.41, 5.74) is 5.01. The third kappa shape index (κ3) is 3.20. The van der Waals surface area contributed by atoms with E-state index in [1.807, 2.05) is 0 Å². The van der Waals surface area contributed by atoms with Gasteiger partial charge in [0.2, 0.25) is 0 Å². The van der Waals surface area contributed by atoms with Crippen LogP contribution in [0.15, 0.2) is 18.2 Å². The second-order valence-corrected chi connectivity index (χ2v) is 6.83. The van der Waals surface area contributed by atoms with Crippen molar-refractivity contribution in [1.29, 1.82) is 0 Å². The van der Waals surface area contributed by atoms with Crippen molar-refractivity contribution < 1.29 is 0 Å². The lowest BCUT2D eigenvalue weighted by Gasteiger charge is -2.36. The first-order valence-corrected chi connectivity index (χ1v) is 8.30. The Morgan fingerprint density at radius 1 is 1.19 bits per heavy atom. The van der Waals surface area contributed by atoms with Gasteiger partial charge in [-0.1, -0.05) is 28.2 Å². The molecular formula is C15H19ClN4S. The van der Waals surface area contributed by atoms with Gasteiger partial charge in [0.05, 0.1) is 0 Å². The average Bonchev–Trinajstić information content (AvgIpc) is 2.88. The second-order valence-electron chi connectivity index (χ2n) is 5.48. The van der Waals surface area contributed by atoms with Gasteiger partial charge in [0.25, 0.3) is 0 Å². The number of halogens is 1. The van der Waals surface area contributed by atoms with E-state index in [2.05, 4.69) is 51.4 Å². The highest BCUT2D eigenvalue weighted by Gasteiger charge is 2.20. The number of aryl methyl sites for hydroxylation is 1. The first kappa shape index (κ1) is 14.8. The van der Waals surface area contributed by atoms with Crippen LogP contribution in [-0.4, -0.2) is 40.7 Å². The molecule has 0 unspecified atom stereocenters. The number of aromatic nitrogens is 2. The molecule has 1 aliphatic rings. The minimum atomic E-state index is 0.715. The number of hydrogen-bond donors (Lipinski definition) is 0. The second kappa shape index (κ2) is 6.30. The minimum Gasteiger partial charge on any atom is -0.369 e. The maximum absolute atomic E-state index is 6.08. The van der Waals surface area contributed by atoms with Gasteiger partial charge in [-0.3, -0.25) is 4.90 Å². The van der Waals surface area contributed by atoms with E-state index in [-0.39, 0.29) is 0 Å². The number of anilines is 1. The lowest BCUT2D eigenvalue weighted by Crippen LogP contribution is -2.46. The van der Waals surface area contributed by atoms with Gasteiger partial charge in [0.15, 0.2) is 0 Å². The van der Waals surface area contributed by atoms with Gasteiger partial charge < -0.3 is 4.90 Å². The quantitative estimate of drug-likeness (QED) is 0.869. The first-order chi connectivity index (χ1) is 10.1. The third-order valence-corrected chi connectivity index (χ3v) is 5.16. The summed E-state index contributed by atoms with van der Waals surface area (Å²) in [6.07, 6.45) is 0. The molecule has 4 nitrogen and oxygen atoms in total. The molecule has 0 atom stereocenters. The zero-order chi connectivity index (χ0) is 14.8. The fourth-order valence-electron chi connectivity index (χ4n) is 2.73. The summed E-state index contributed by atoms with van der Waals surface area (Å²) in [6.45, 7) is 9.32. The van der Waals surface area contributed by atoms with Gasteiger partial charge >= 0.3 is 0 Å². The van der Waals surface area contributed by atoms with Crippen molar-refractivity contribution in [1.82, 2.24) is 14.5 Å². The van der Waals surface area contributed by atoms with Gasteiger partial charge in [-0.15, -0.1) is 5.10 Å². The predicted octanol–water partition coefficient (Wildman–Crippen LogP) is 3.13. The number of hydrogen-bond acceptors (Lipinski definition) is 5. The standard InChI is InChI=1S/C15H19ClN4S/c1-11-4-3-5-14(12(11)2)20-8-6-19(7-9-20)10-13-15(16)21-18-17-13/h3-5H,6-10H2,1-2H3. The van der Waals surface area contributed by atoms with Crippen LogP contribution in [0.5, 0.6) is 0 Å². The highest BCUT2D eigenvalue weighted by molar-refractivity contribution is 7.10. The fraction of sp³-hybridized carbons (Fsp3) is 0.467. The van der Waals surface area contributed by atoms with Crippen LogP contribution in [0.25, 0.3) is 0 Å². The van der Waals surface area contributed by atoms with E-state index >= 15 is 0 Å². The highest BCUT2D eigenvalue weighted by atomic mass is 35.5. The van der Waals surface area contributed by atoms with Crippen molar-refractivity contribution in [3.05, 3.63) is 39.4 Å². The topological polar surface area (TPSA) is 32.3 Å². The zero-order valence-electron chi connectivity index (χ0n) is 12.3. The molecule has 0 amide bonds. The number of rotatable bonds is 3. The lowest BCUT2D eigenvalue weighted by atomic mass is 10.1. The predicted molar refractivity (Wildman–Crippen MR) is 88.3 cm³/mol. The van der Waals surface area contributed by atoms with Crippen molar-refractivity contribution in [3.63, 3.8) is 0 Å². The van der Waals surface area contributed by atoms with Crippen LogP contribution in [0.3, 0.4) is 0 Å². The van der Waals surface area contributed by atoms with Crippen LogP contribution in [0.4, 0.5) is 5.69 Å². The molecule has 3 rings (SSSR count). The Balaban J connectivity index is 1.63. The Hall–Kier alpha value is -1.17. The van der Waals surface area contributed by atoms with Crippen LogP contribution < -0.4 is 4.90 Å². The summed E-state index contributed by atoms with van der Waals surface area (Å²) in [6, 6.07) is 6.54. The molecule has 21 heavy (non-hydrogen) atoms. The molecule has 6 heteroatoms. The Bertz CT molecular complexity index is 620. The molecule has 1 aromatic heterocycles. The van der Waals surface area contributed by atoms with E-state index < -0.39 is 0 Å². The van der Waals surface area contributed by atoms with Gasteiger partial charge in [-0.05, 0) is 31.0 Å². The van der Waals surface area contributed by atoms with Crippen molar-refractivity contribution in [2.75, 3.05) is 31.1 Å². The Morgan fingerprint density at radius 2 is 1.95 bits per heavy atom. The van der Waals surface area contributed by atoms with E-state index in [1.54, 1.807) is 0 Å². The van der Waals surface area contributed by atoms with Crippen molar-refractivity contribution in [3.8, 4) is 0 Å². The average molecular weight is 323 g/mol. The van der Waals surface area contributed by atoms with E-state index in [9.17, 15) is 0 Å². The number of piperazine rings is 1. The molecule has 0 saturated carbocycles. The minimum absolute atomic E-state index is 0.715. The molecule has 2 aromatic rings. The van der Waals surface area contributed by atoms with Crippen LogP contribution in [-0.2, 0) is 6.54 Å². The summed E-state index contributed by atoms with van der Waals surface area (Å²) < 4.78 is 4.61. The summed E-state index contributed by atoms with van der Waals surface area (Å²) in [7, 11) is 0. The van der Waals surface area contributed by atoms with E-state index in [4.69, 9.17) is 11.6 Å². The lowest BCUT2D eigenvalue weighted by molar-refractivity contribution is 0.247. The van der Waals surface area contributed by atoms with Crippen LogP contribution in [0, 0.1) is 13.8 Å². The molecule has 0 bridgehead atoms. The van der Waals surface area contributed by atoms with Gasteiger partial charge in [-0.25, -0.2) is 0 Å². The highest BCUT2D eigenvalue weighted by Crippen LogP contribution is 2.25. The summed E-state index contributed by atoms with van der Waals surface area (Å²) in [4.78, 5) is 4.87. The third-order valence-electron chi connectivity index (χ3n) is 4.17. The molecule has 0 spiro atoms. The molecule has 112 valence electrons. The van der Waals surface area contributed by atoms with Gasteiger partial charge in [-0.2, -0.15) is 0 Å². The van der Waals surface area contributed by atoms with Crippen molar-refractivity contribution in [2.45, 2.75) is 20.4 Å². The van der Waals surface area contributed by atoms with Crippen molar-refractivity contribution >= 4 is 28.8 Å². The molecule has 0 N–H and O–H groups in total. The number of nitrogens with zero attached hydrogens (tertiary/aromatic N) is 4. The normalized spacial score (nSPS) is 16.4. The largest absolute Gasteiger partial charge is 0.369 e. The number of benzene rings is 1. The van der Waals surface area contributed by atoms with Gasteiger partial charge in [0, 0.05) is 49.9 Å². The molecule has 1 saturated heterocycles. The van der Waals surface area contributed by atoms with E-state index in [0.29, 0.717) is 4.34 Å². The Kier molecular flexibility index (Phi) is 4.42. The van der Waals surface area contributed by atoms with Crippen LogP contribution in [0.1, 0.15) is 16.8 Å². The van der Waals surface area contributed by atoms with Gasteiger partial charge in [0.1, 0.15) is 10.0 Å². The molecule has 1 fully saturated rings. The molecular weight excluding hydrogens is 304 g/mol. The smallest absolute Gasteiger partial charge is 0.138 e. The molecule has 1 aromatic carbocycles. The monoisotopic (exact) mass is 322 g/mol. The summed E-state index contributed by atoms with van der Waals surface area (Å²) in [5.74, 6) is 0. The molecule has 0 radical (unpaired) electrons. The van der Waals surface area contributed by atoms with Crippen LogP contribution in [0.2, 0.25) is 4.34 Å². The SMILES string of the molecule is Cc1cccc(N2CCN(Cc3nnsc3Cl)CC2)c1C.